The summed E-state index contributed by atoms with van der Waals surface area (Å²) in [6, 6.07) is 32.7. The van der Waals surface area contributed by atoms with E-state index in [0.29, 0.717) is 0 Å². The molecule has 0 heterocycles. The minimum absolute atomic E-state index is 0.307. The van der Waals surface area contributed by atoms with E-state index in [9.17, 15) is 0 Å². The molecule has 0 N–H and O–H groups in total. The Balaban J connectivity index is 1.72. The van der Waals surface area contributed by atoms with Gasteiger partial charge < -0.3 is 0 Å². The molecule has 0 spiro atoms. The molecule has 0 nitrogen and oxygen atoms in total. The maximum absolute atomic E-state index is 2.61. The van der Waals surface area contributed by atoms with Gasteiger partial charge in [-0.15, -0.1) is 0 Å². The van der Waals surface area contributed by atoms with E-state index in [2.05, 4.69) is 126 Å². The van der Waals surface area contributed by atoms with Crippen LogP contribution in [0.4, 0.5) is 0 Å². The summed E-state index contributed by atoms with van der Waals surface area (Å²) in [7, 11) is -0.913. The van der Waals surface area contributed by atoms with Crippen molar-refractivity contribution in [2.45, 2.75) is 91.4 Å². The van der Waals surface area contributed by atoms with Crippen LogP contribution in [-0.4, -0.2) is 11.3 Å². The fourth-order valence-electron chi connectivity index (χ4n) is 8.00. The molecule has 3 aromatic rings. The molecule has 2 saturated carbocycles. The lowest BCUT2D eigenvalue weighted by atomic mass is 9.76. The fraction of sp³-hybridized carbons (Fsp3) is 0.526. The lowest BCUT2D eigenvalue weighted by Gasteiger charge is -2.50. The summed E-state index contributed by atoms with van der Waals surface area (Å²) in [4.78, 5) is 0. The van der Waals surface area contributed by atoms with Crippen LogP contribution in [0, 0.1) is 35.5 Å². The van der Waals surface area contributed by atoms with Gasteiger partial charge in [0.15, 0.2) is 0 Å². The molecule has 0 radical (unpaired) electrons. The third-order valence-electron chi connectivity index (χ3n) is 10.1. The Hall–Kier alpha value is -1.48. The first-order valence-electron chi connectivity index (χ1n) is 16.1. The maximum Gasteiger partial charge on any atom is -0.00740 e. The summed E-state index contributed by atoms with van der Waals surface area (Å²) in [5, 5.41) is 6.37. The Labute approximate surface area is 248 Å². The van der Waals surface area contributed by atoms with Crippen LogP contribution < -0.4 is 21.2 Å². The van der Waals surface area contributed by atoms with Gasteiger partial charge in [-0.25, -0.2) is 0 Å². The maximum atomic E-state index is 2.61. The van der Waals surface area contributed by atoms with Crippen LogP contribution in [0.25, 0.3) is 0 Å². The van der Waals surface area contributed by atoms with Crippen molar-refractivity contribution in [2.75, 3.05) is 0 Å². The van der Waals surface area contributed by atoms with Crippen molar-refractivity contribution in [1.29, 1.82) is 0 Å². The van der Waals surface area contributed by atoms with Crippen LogP contribution in [0.3, 0.4) is 0 Å². The third-order valence-corrected chi connectivity index (χ3v) is 16.4. The topological polar surface area (TPSA) is 0 Å². The molecule has 0 saturated heterocycles. The molecular formula is C38H52P2. The summed E-state index contributed by atoms with van der Waals surface area (Å²) in [5.74, 6) is 4.91. The minimum Gasteiger partial charge on any atom is -0.0676 e. The summed E-state index contributed by atoms with van der Waals surface area (Å²) in [5.41, 5.74) is 1.67. The Morgan fingerprint density at radius 2 is 0.925 bits per heavy atom. The molecule has 214 valence electrons. The van der Waals surface area contributed by atoms with Crippen molar-refractivity contribution in [3.05, 3.63) is 84.9 Å². The van der Waals surface area contributed by atoms with Crippen LogP contribution in [0.2, 0.25) is 0 Å². The van der Waals surface area contributed by atoms with Crippen molar-refractivity contribution >= 4 is 37.1 Å². The van der Waals surface area contributed by atoms with Gasteiger partial charge in [-0.2, -0.15) is 0 Å². The lowest BCUT2D eigenvalue weighted by Crippen LogP contribution is -2.44. The molecule has 0 bridgehead atoms. The van der Waals surface area contributed by atoms with E-state index < -0.39 is 7.92 Å². The lowest BCUT2D eigenvalue weighted by molar-refractivity contribution is 0.224. The van der Waals surface area contributed by atoms with Gasteiger partial charge in [-0.3, -0.25) is 0 Å². The molecular weight excluding hydrogens is 518 g/mol. The average molecular weight is 571 g/mol. The zero-order valence-corrected chi connectivity index (χ0v) is 27.6. The summed E-state index contributed by atoms with van der Waals surface area (Å²) in [6.07, 6.45) is 8.52. The van der Waals surface area contributed by atoms with Crippen molar-refractivity contribution in [2.24, 2.45) is 35.5 Å². The van der Waals surface area contributed by atoms with E-state index in [-0.39, 0.29) is 7.92 Å². The van der Waals surface area contributed by atoms with E-state index >= 15 is 0 Å². The Morgan fingerprint density at radius 3 is 1.35 bits per heavy atom. The van der Waals surface area contributed by atoms with Crippen LogP contribution >= 0.6 is 15.8 Å². The molecule has 5 rings (SSSR count). The predicted molar refractivity (Wildman–Crippen MR) is 182 cm³/mol. The number of hydrogen-bond acceptors (Lipinski definition) is 0. The summed E-state index contributed by atoms with van der Waals surface area (Å²) in [6.45, 7) is 15.2. The third kappa shape index (κ3) is 6.61. The van der Waals surface area contributed by atoms with Gasteiger partial charge in [0.2, 0.25) is 0 Å². The van der Waals surface area contributed by atoms with Crippen LogP contribution in [0.5, 0.6) is 0 Å². The normalized spacial score (nSPS) is 28.2. The first-order chi connectivity index (χ1) is 19.3. The fourth-order valence-corrected chi connectivity index (χ4v) is 15.8. The molecule has 6 unspecified atom stereocenters. The number of benzene rings is 3. The van der Waals surface area contributed by atoms with Crippen molar-refractivity contribution in [3.63, 3.8) is 0 Å². The van der Waals surface area contributed by atoms with E-state index in [0.717, 1.165) is 46.8 Å². The minimum atomic E-state index is -0.606. The predicted octanol–water partition coefficient (Wildman–Crippen LogP) is 9.47. The van der Waals surface area contributed by atoms with Gasteiger partial charge in [0.25, 0.3) is 0 Å². The molecule has 40 heavy (non-hydrogen) atoms. The van der Waals surface area contributed by atoms with E-state index in [1.807, 2.05) is 0 Å². The van der Waals surface area contributed by atoms with Gasteiger partial charge in [0.1, 0.15) is 0 Å². The van der Waals surface area contributed by atoms with E-state index in [1.165, 1.54) is 49.1 Å². The second-order valence-electron chi connectivity index (χ2n) is 13.7. The van der Waals surface area contributed by atoms with E-state index in [1.54, 1.807) is 10.6 Å². The van der Waals surface area contributed by atoms with E-state index in [4.69, 9.17) is 0 Å². The standard InChI is InChI=1S/C38H52P2/c1-27(2)33-23-21-29(5)25-37(33)40(38-26-30(6)22-24-34(38)28(3)4)36-20-14-13-19-35(36)39(31-15-9-7-10-16-31)32-17-11-8-12-18-32/h7-20,27-30,33-34,37-38H,21-26H2,1-6H3. The highest BCUT2D eigenvalue weighted by Crippen LogP contribution is 2.61. The average Bonchev–Trinajstić information content (AvgIpc) is 2.95. The Morgan fingerprint density at radius 1 is 0.525 bits per heavy atom. The summed E-state index contributed by atoms with van der Waals surface area (Å²) >= 11 is 0. The Kier molecular flexibility index (Phi) is 10.2. The number of rotatable bonds is 8. The zero-order valence-electron chi connectivity index (χ0n) is 25.8. The van der Waals surface area contributed by atoms with Crippen LogP contribution in [0.15, 0.2) is 84.9 Å². The van der Waals surface area contributed by atoms with Gasteiger partial charge in [-0.05, 0) is 102 Å². The molecule has 2 fully saturated rings. The number of hydrogen-bond donors (Lipinski definition) is 0. The van der Waals surface area contributed by atoms with Gasteiger partial charge in [0.05, 0.1) is 0 Å². The molecule has 6 atom stereocenters. The molecule has 2 aliphatic rings. The molecule has 0 aromatic heterocycles. The van der Waals surface area contributed by atoms with Gasteiger partial charge in [0, 0.05) is 0 Å². The molecule has 0 amide bonds. The SMILES string of the molecule is CC1CCC(C(C)C)C(P(c2ccccc2P(c2ccccc2)c2ccccc2)C2CC(C)CCC2C(C)C)C1. The highest BCUT2D eigenvalue weighted by atomic mass is 31.1. The van der Waals surface area contributed by atoms with Crippen LogP contribution in [0.1, 0.15) is 80.1 Å². The second kappa shape index (κ2) is 13.7. The van der Waals surface area contributed by atoms with Crippen molar-refractivity contribution < 1.29 is 0 Å². The zero-order chi connectivity index (χ0) is 28.2. The first-order valence-corrected chi connectivity index (χ1v) is 18.9. The second-order valence-corrected chi connectivity index (χ2v) is 18.5. The smallest absolute Gasteiger partial charge is 0.00740 e. The largest absolute Gasteiger partial charge is 0.0676 e. The van der Waals surface area contributed by atoms with Crippen molar-refractivity contribution in [1.82, 2.24) is 0 Å². The molecule has 0 aliphatic heterocycles. The molecule has 2 heteroatoms. The monoisotopic (exact) mass is 570 g/mol. The Bertz CT molecular complexity index is 1110. The highest BCUT2D eigenvalue weighted by molar-refractivity contribution is 7.82. The first kappa shape index (κ1) is 30.0. The van der Waals surface area contributed by atoms with Gasteiger partial charge >= 0.3 is 0 Å². The van der Waals surface area contributed by atoms with Gasteiger partial charge in [-0.1, -0.05) is 147 Å². The molecule has 3 aromatic carbocycles. The highest BCUT2D eigenvalue weighted by Gasteiger charge is 2.45. The van der Waals surface area contributed by atoms with Crippen LogP contribution in [-0.2, 0) is 0 Å². The molecule has 2 aliphatic carbocycles. The summed E-state index contributed by atoms with van der Waals surface area (Å²) < 4.78 is 0. The quantitative estimate of drug-likeness (QED) is 0.237. The van der Waals surface area contributed by atoms with Crippen molar-refractivity contribution in [3.8, 4) is 0 Å².